The average Bonchev–Trinajstić information content (AvgIpc) is 3.07. The predicted molar refractivity (Wildman–Crippen MR) is 191 cm³/mol. The number of carbonyl (C=O) groups is 1. The number of benzene rings is 3. The van der Waals surface area contributed by atoms with Crippen molar-refractivity contribution in [1.82, 2.24) is 4.72 Å². The van der Waals surface area contributed by atoms with Gasteiger partial charge in [0.1, 0.15) is 0 Å². The van der Waals surface area contributed by atoms with Crippen LogP contribution in [-0.4, -0.2) is 38.1 Å². The van der Waals surface area contributed by atoms with E-state index in [1.54, 1.807) is 30.0 Å². The first kappa shape index (κ1) is 32.9. The number of carbonyl (C=O) groups excluding carboxylic acids is 1. The molecule has 5 aliphatic carbocycles. The molecule has 0 unspecified atom stereocenters. The Labute approximate surface area is 287 Å². The van der Waals surface area contributed by atoms with Crippen LogP contribution >= 0.6 is 11.8 Å². The number of amides is 1. The minimum atomic E-state index is -4.53. The fourth-order valence-electron chi connectivity index (χ4n) is 9.22. The number of nitrogens with zero attached hydrogens (tertiary/aromatic N) is 2. The molecule has 0 aromatic heterocycles. The number of nitro benzene ring substituents is 1. The Morgan fingerprint density at radius 1 is 0.938 bits per heavy atom. The Kier molecular flexibility index (Phi) is 9.39. The van der Waals surface area contributed by atoms with E-state index in [0.29, 0.717) is 12.2 Å². The Balaban J connectivity index is 1.12. The molecule has 8 nitrogen and oxygen atoms in total. The third-order valence-electron chi connectivity index (χ3n) is 10.9. The zero-order valence-electron chi connectivity index (χ0n) is 27.2. The molecule has 3 aromatic rings. The quantitative estimate of drug-likeness (QED) is 0.116. The molecule has 1 amide bonds. The zero-order valence-corrected chi connectivity index (χ0v) is 28.8. The number of allylic oxidation sites excluding steroid dienone is 2. The molecule has 8 rings (SSSR count). The molecule has 48 heavy (non-hydrogen) atoms. The van der Waals surface area contributed by atoms with Gasteiger partial charge in [-0.3, -0.25) is 14.9 Å². The molecule has 4 bridgehead atoms. The van der Waals surface area contributed by atoms with Crippen LogP contribution in [0, 0.1) is 33.3 Å². The van der Waals surface area contributed by atoms with Crippen molar-refractivity contribution < 1.29 is 18.1 Å². The molecular weight excluding hydrogens is 643 g/mol. The Morgan fingerprint density at radius 2 is 1.62 bits per heavy atom. The number of nitrogens with one attached hydrogen (secondary N) is 1. The number of sulfonamides is 1. The first-order valence-electron chi connectivity index (χ1n) is 17.2. The van der Waals surface area contributed by atoms with Crippen LogP contribution in [0.2, 0.25) is 0 Å². The smallest absolute Gasteiger partial charge is 0.291 e. The number of rotatable bonds is 12. The van der Waals surface area contributed by atoms with E-state index in [9.17, 15) is 23.3 Å². The number of thioether (sulfide) groups is 1. The summed E-state index contributed by atoms with van der Waals surface area (Å²) in [5.74, 6) is 2.27. The summed E-state index contributed by atoms with van der Waals surface area (Å²) in [6.45, 7) is 1.48. The molecule has 252 valence electrons. The fourth-order valence-corrected chi connectivity index (χ4v) is 11.2. The molecule has 0 saturated heterocycles. The van der Waals surface area contributed by atoms with Crippen LogP contribution in [0.5, 0.6) is 0 Å². The molecule has 3 aromatic carbocycles. The number of hydrogen-bond acceptors (Lipinski definition) is 7. The Hall–Kier alpha value is -3.63. The van der Waals surface area contributed by atoms with Crippen LogP contribution in [0.3, 0.4) is 0 Å². The minimum absolute atomic E-state index is 0.177. The second kappa shape index (κ2) is 13.7. The van der Waals surface area contributed by atoms with Gasteiger partial charge < -0.3 is 4.90 Å². The van der Waals surface area contributed by atoms with Gasteiger partial charge in [0.2, 0.25) is 0 Å². The lowest BCUT2D eigenvalue weighted by Crippen LogP contribution is -2.51. The second-order valence-electron chi connectivity index (χ2n) is 14.4. The van der Waals surface area contributed by atoms with Crippen molar-refractivity contribution in [3.05, 3.63) is 100 Å². The van der Waals surface area contributed by atoms with Gasteiger partial charge in [-0.05, 0) is 135 Å². The van der Waals surface area contributed by atoms with Crippen molar-refractivity contribution in [3.63, 3.8) is 0 Å². The summed E-state index contributed by atoms with van der Waals surface area (Å²) in [5.41, 5.74) is 2.72. The van der Waals surface area contributed by atoms with E-state index in [0.717, 1.165) is 59.8 Å². The van der Waals surface area contributed by atoms with Crippen LogP contribution < -0.4 is 9.62 Å². The molecular formula is C38H43N3O5S2. The molecule has 0 radical (unpaired) electrons. The van der Waals surface area contributed by atoms with E-state index in [4.69, 9.17) is 0 Å². The van der Waals surface area contributed by atoms with E-state index in [-0.39, 0.29) is 11.0 Å². The van der Waals surface area contributed by atoms with E-state index in [1.807, 2.05) is 30.3 Å². The highest BCUT2D eigenvalue weighted by Crippen LogP contribution is 2.60. The molecule has 5 aliphatic rings. The highest BCUT2D eigenvalue weighted by atomic mass is 32.2. The van der Waals surface area contributed by atoms with Crippen LogP contribution in [0.1, 0.15) is 80.1 Å². The second-order valence-corrected chi connectivity index (χ2v) is 17.2. The largest absolute Gasteiger partial charge is 0.370 e. The highest BCUT2D eigenvalue weighted by molar-refractivity contribution is 7.99. The Bertz CT molecular complexity index is 1770. The monoisotopic (exact) mass is 685 g/mol. The topological polar surface area (TPSA) is 110 Å². The average molecular weight is 686 g/mol. The molecule has 4 saturated carbocycles. The van der Waals surface area contributed by atoms with E-state index in [1.165, 1.54) is 62.7 Å². The SMILES string of the molecule is O=C(NS(=O)(=O)c1ccc(N(CCSc2ccccc2)CC23CC4CC(CC(C4)C2)C3)cc1[N+](=O)[O-])c1ccc(C2=CCCCC2)cc1. The third-order valence-corrected chi connectivity index (χ3v) is 13.3. The maximum atomic E-state index is 13.5. The van der Waals surface area contributed by atoms with Crippen molar-refractivity contribution in [3.8, 4) is 0 Å². The van der Waals surface area contributed by atoms with Gasteiger partial charge in [-0.15, -0.1) is 11.8 Å². The first-order chi connectivity index (χ1) is 23.2. The van der Waals surface area contributed by atoms with Gasteiger partial charge in [-0.1, -0.05) is 36.4 Å². The van der Waals surface area contributed by atoms with Crippen molar-refractivity contribution in [2.75, 3.05) is 23.7 Å². The summed E-state index contributed by atoms with van der Waals surface area (Å²) in [5, 5.41) is 12.4. The number of hydrogen-bond donors (Lipinski definition) is 1. The summed E-state index contributed by atoms with van der Waals surface area (Å²) < 4.78 is 29.1. The standard InChI is InChI=1S/C38H43N3O5S2/c42-37(32-13-11-31(12-14-32)30-7-3-1-4-8-30)39-48(45,46)36-16-15-33(22-35(36)41(43)44)40(17-18-47-34-9-5-2-6-10-34)26-38-23-27-19-28(24-38)21-29(20-27)25-38/h2,5-7,9-16,22,27-29H,1,3-4,8,17-21,23-26H2,(H,39,42). The van der Waals surface area contributed by atoms with Gasteiger partial charge in [-0.2, -0.15) is 0 Å². The van der Waals surface area contributed by atoms with E-state index < -0.39 is 31.4 Å². The van der Waals surface area contributed by atoms with E-state index >= 15 is 0 Å². The molecule has 4 fully saturated rings. The minimum Gasteiger partial charge on any atom is -0.370 e. The van der Waals surface area contributed by atoms with Crippen LogP contribution in [0.15, 0.2) is 88.7 Å². The first-order valence-corrected chi connectivity index (χ1v) is 19.7. The van der Waals surface area contributed by atoms with Crippen molar-refractivity contribution in [2.45, 2.75) is 74.0 Å². The van der Waals surface area contributed by atoms with Crippen molar-refractivity contribution in [1.29, 1.82) is 0 Å². The van der Waals surface area contributed by atoms with E-state index in [2.05, 4.69) is 27.8 Å². The van der Waals surface area contributed by atoms with Crippen molar-refractivity contribution >= 4 is 44.6 Å². The summed E-state index contributed by atoms with van der Waals surface area (Å²) in [6.07, 6.45) is 14.1. The molecule has 10 heteroatoms. The van der Waals surface area contributed by atoms with Crippen LogP contribution in [-0.2, 0) is 10.0 Å². The molecule has 1 N–H and O–H groups in total. The lowest BCUT2D eigenvalue weighted by Gasteiger charge is -2.58. The predicted octanol–water partition coefficient (Wildman–Crippen LogP) is 8.49. The van der Waals surface area contributed by atoms with Gasteiger partial charge >= 0.3 is 0 Å². The maximum Gasteiger partial charge on any atom is 0.291 e. The molecule has 0 atom stereocenters. The van der Waals surface area contributed by atoms with Crippen LogP contribution in [0.4, 0.5) is 11.4 Å². The summed E-state index contributed by atoms with van der Waals surface area (Å²) in [7, 11) is -4.53. The van der Waals surface area contributed by atoms with Crippen molar-refractivity contribution in [2.24, 2.45) is 23.2 Å². The lowest BCUT2D eigenvalue weighted by atomic mass is 9.49. The number of nitro groups is 1. The Morgan fingerprint density at radius 3 is 2.25 bits per heavy atom. The summed E-state index contributed by atoms with van der Waals surface area (Å²) in [4.78, 5) is 27.7. The third kappa shape index (κ3) is 7.20. The van der Waals surface area contributed by atoms with Gasteiger partial charge in [0.05, 0.1) is 4.92 Å². The number of anilines is 1. The maximum absolute atomic E-state index is 13.5. The zero-order chi connectivity index (χ0) is 33.3. The van der Waals surface area contributed by atoms with Gasteiger partial charge in [-0.25, -0.2) is 13.1 Å². The van der Waals surface area contributed by atoms with Gasteiger partial charge in [0, 0.05) is 41.1 Å². The van der Waals surface area contributed by atoms with Crippen LogP contribution in [0.25, 0.3) is 5.57 Å². The van der Waals surface area contributed by atoms with Gasteiger partial charge in [0.25, 0.3) is 21.6 Å². The fraction of sp³-hybridized carbons (Fsp3) is 0.447. The molecule has 0 heterocycles. The van der Waals surface area contributed by atoms with Gasteiger partial charge in [0.15, 0.2) is 4.90 Å². The lowest BCUT2D eigenvalue weighted by molar-refractivity contribution is -0.387. The summed E-state index contributed by atoms with van der Waals surface area (Å²) >= 11 is 1.75. The normalized spacial score (nSPS) is 24.6. The summed E-state index contributed by atoms with van der Waals surface area (Å²) in [6, 6.07) is 21.4. The molecule has 0 spiro atoms. The molecule has 0 aliphatic heterocycles. The highest BCUT2D eigenvalue weighted by Gasteiger charge is 2.51.